The summed E-state index contributed by atoms with van der Waals surface area (Å²) in [4.78, 5) is 23.7. The molecule has 1 heterocycles. The highest BCUT2D eigenvalue weighted by Gasteiger charge is 2.11. The Morgan fingerprint density at radius 2 is 1.90 bits per heavy atom. The van der Waals surface area contributed by atoms with Crippen molar-refractivity contribution in [2.75, 3.05) is 5.32 Å². The van der Waals surface area contributed by atoms with Gasteiger partial charge in [-0.15, -0.1) is 0 Å². The summed E-state index contributed by atoms with van der Waals surface area (Å²) in [5.41, 5.74) is 1.88. The number of halogens is 1. The number of aryl methyl sites for hydroxylation is 1. The molecule has 2 aromatic rings. The number of hydrogen-bond acceptors (Lipinski definition) is 3. The lowest BCUT2D eigenvalue weighted by molar-refractivity contribution is -0.116. The Morgan fingerprint density at radius 1 is 1.24 bits per heavy atom. The lowest BCUT2D eigenvalue weighted by atomic mass is 10.1. The average Bonchev–Trinajstić information content (AvgIpc) is 2.77. The Kier molecular flexibility index (Phi) is 4.47. The first kappa shape index (κ1) is 14.9. The minimum Gasteiger partial charge on any atom is -0.323 e. The van der Waals surface area contributed by atoms with Crippen LogP contribution in [0.5, 0.6) is 0 Å². The van der Waals surface area contributed by atoms with Crippen LogP contribution < -0.4 is 5.32 Å². The van der Waals surface area contributed by atoms with E-state index < -0.39 is 5.82 Å². The van der Waals surface area contributed by atoms with Crippen molar-refractivity contribution in [2.24, 2.45) is 7.05 Å². The molecule has 0 saturated heterocycles. The number of carbonyl (C=O) groups is 2. The number of rotatable bonds is 5. The molecule has 2 rings (SSSR count). The molecule has 5 nitrogen and oxygen atoms in total. The molecule has 1 N–H and O–H groups in total. The minimum absolute atomic E-state index is 0.0740. The molecule has 0 aliphatic rings. The van der Waals surface area contributed by atoms with E-state index in [1.807, 2.05) is 6.92 Å². The second-order valence-corrected chi connectivity index (χ2v) is 4.75. The number of carbonyl (C=O) groups excluding carboxylic acids is 2. The summed E-state index contributed by atoms with van der Waals surface area (Å²) in [5.74, 6) is -0.828. The zero-order chi connectivity index (χ0) is 15.4. The number of nitrogens with zero attached hydrogens (tertiary/aromatic N) is 2. The highest BCUT2D eigenvalue weighted by molar-refractivity contribution is 6.00. The molecule has 110 valence electrons. The van der Waals surface area contributed by atoms with Gasteiger partial charge in [-0.25, -0.2) is 4.39 Å². The van der Waals surface area contributed by atoms with Gasteiger partial charge < -0.3 is 5.32 Å². The Balaban J connectivity index is 1.88. The largest absolute Gasteiger partial charge is 0.323 e. The van der Waals surface area contributed by atoms with Crippen LogP contribution in [0.2, 0.25) is 0 Å². The fourth-order valence-electron chi connectivity index (χ4n) is 1.84. The predicted molar refractivity (Wildman–Crippen MR) is 76.5 cm³/mol. The SMILES string of the molecule is Cc1c(NC(=O)CCC(=O)c2ccc(F)cc2)cnn1C. The van der Waals surface area contributed by atoms with Gasteiger partial charge in [-0.2, -0.15) is 5.10 Å². The summed E-state index contributed by atoms with van der Waals surface area (Å²) in [5, 5.41) is 6.73. The molecule has 1 aromatic heterocycles. The van der Waals surface area contributed by atoms with E-state index >= 15 is 0 Å². The molecular formula is C15H16FN3O2. The van der Waals surface area contributed by atoms with Gasteiger partial charge in [0.25, 0.3) is 0 Å². The van der Waals surface area contributed by atoms with Crippen molar-refractivity contribution in [3.05, 3.63) is 47.5 Å². The third-order valence-electron chi connectivity index (χ3n) is 3.25. The zero-order valence-electron chi connectivity index (χ0n) is 11.9. The maximum atomic E-state index is 12.8. The lowest BCUT2D eigenvalue weighted by Gasteiger charge is -2.04. The Hall–Kier alpha value is -2.50. The normalized spacial score (nSPS) is 10.4. The monoisotopic (exact) mass is 289 g/mol. The number of nitrogens with one attached hydrogen (secondary N) is 1. The van der Waals surface area contributed by atoms with Gasteiger partial charge in [-0.05, 0) is 31.2 Å². The topological polar surface area (TPSA) is 64.0 Å². The lowest BCUT2D eigenvalue weighted by Crippen LogP contribution is -2.14. The summed E-state index contributed by atoms with van der Waals surface area (Å²) < 4.78 is 14.4. The van der Waals surface area contributed by atoms with E-state index in [2.05, 4.69) is 10.4 Å². The minimum atomic E-state index is -0.392. The summed E-state index contributed by atoms with van der Waals surface area (Å²) in [6, 6.07) is 5.29. The number of aromatic nitrogens is 2. The third-order valence-corrected chi connectivity index (χ3v) is 3.25. The number of hydrogen-bond donors (Lipinski definition) is 1. The first-order valence-corrected chi connectivity index (χ1v) is 6.54. The van der Waals surface area contributed by atoms with Gasteiger partial charge in [-0.3, -0.25) is 14.3 Å². The summed E-state index contributed by atoms with van der Waals surface area (Å²) in [6.07, 6.45) is 1.72. The van der Waals surface area contributed by atoms with Crippen molar-refractivity contribution in [3.8, 4) is 0 Å². The molecule has 0 atom stereocenters. The number of amides is 1. The molecule has 21 heavy (non-hydrogen) atoms. The third kappa shape index (κ3) is 3.75. The van der Waals surface area contributed by atoms with Crippen LogP contribution in [0.1, 0.15) is 28.9 Å². The molecule has 0 aliphatic heterocycles. The van der Waals surface area contributed by atoms with E-state index in [0.29, 0.717) is 11.3 Å². The van der Waals surface area contributed by atoms with Crippen LogP contribution in [-0.2, 0) is 11.8 Å². The molecule has 0 unspecified atom stereocenters. The van der Waals surface area contributed by atoms with Crippen LogP contribution in [0, 0.1) is 12.7 Å². The highest BCUT2D eigenvalue weighted by Crippen LogP contribution is 2.13. The van der Waals surface area contributed by atoms with Crippen LogP contribution in [0.25, 0.3) is 0 Å². The van der Waals surface area contributed by atoms with Crippen molar-refractivity contribution < 1.29 is 14.0 Å². The number of ketones is 1. The Labute approximate surface area is 121 Å². The quantitative estimate of drug-likeness (QED) is 0.860. The van der Waals surface area contributed by atoms with E-state index in [9.17, 15) is 14.0 Å². The molecule has 0 bridgehead atoms. The van der Waals surface area contributed by atoms with Crippen LogP contribution in [-0.4, -0.2) is 21.5 Å². The number of Topliss-reactive ketones (excluding diaryl/α,β-unsaturated/α-hetero) is 1. The van der Waals surface area contributed by atoms with Crippen LogP contribution >= 0.6 is 0 Å². The molecule has 0 radical (unpaired) electrons. The number of benzene rings is 1. The van der Waals surface area contributed by atoms with Gasteiger partial charge in [0.05, 0.1) is 17.6 Å². The zero-order valence-corrected chi connectivity index (χ0v) is 11.9. The van der Waals surface area contributed by atoms with Gasteiger partial charge in [0.1, 0.15) is 5.82 Å². The second-order valence-electron chi connectivity index (χ2n) is 4.75. The first-order chi connectivity index (χ1) is 9.97. The first-order valence-electron chi connectivity index (χ1n) is 6.54. The van der Waals surface area contributed by atoms with Crippen LogP contribution in [0.3, 0.4) is 0 Å². The molecule has 1 amide bonds. The van der Waals surface area contributed by atoms with E-state index in [0.717, 1.165) is 5.69 Å². The van der Waals surface area contributed by atoms with Crippen molar-refractivity contribution in [2.45, 2.75) is 19.8 Å². The van der Waals surface area contributed by atoms with E-state index in [4.69, 9.17) is 0 Å². The van der Waals surface area contributed by atoms with Gasteiger partial charge in [0.15, 0.2) is 5.78 Å². The summed E-state index contributed by atoms with van der Waals surface area (Å²) in [7, 11) is 1.78. The molecule has 0 saturated carbocycles. The van der Waals surface area contributed by atoms with Crippen molar-refractivity contribution in [1.29, 1.82) is 0 Å². The van der Waals surface area contributed by atoms with Gasteiger partial charge in [0, 0.05) is 25.5 Å². The maximum Gasteiger partial charge on any atom is 0.224 e. The summed E-state index contributed by atoms with van der Waals surface area (Å²) in [6.45, 7) is 1.84. The Morgan fingerprint density at radius 3 is 2.48 bits per heavy atom. The summed E-state index contributed by atoms with van der Waals surface area (Å²) >= 11 is 0. The molecule has 0 spiro atoms. The average molecular weight is 289 g/mol. The van der Waals surface area contributed by atoms with Crippen molar-refractivity contribution >= 4 is 17.4 Å². The van der Waals surface area contributed by atoms with Crippen LogP contribution in [0.4, 0.5) is 10.1 Å². The Bertz CT molecular complexity index is 662. The molecular weight excluding hydrogens is 273 g/mol. The van der Waals surface area contributed by atoms with Gasteiger partial charge in [0.2, 0.25) is 5.91 Å². The van der Waals surface area contributed by atoms with E-state index in [1.165, 1.54) is 24.3 Å². The molecule has 0 fully saturated rings. The second kappa shape index (κ2) is 6.30. The van der Waals surface area contributed by atoms with Crippen LogP contribution in [0.15, 0.2) is 30.5 Å². The van der Waals surface area contributed by atoms with E-state index in [-0.39, 0.29) is 24.5 Å². The fourth-order valence-corrected chi connectivity index (χ4v) is 1.84. The predicted octanol–water partition coefficient (Wildman–Crippen LogP) is 2.47. The van der Waals surface area contributed by atoms with Crippen molar-refractivity contribution in [1.82, 2.24) is 9.78 Å². The molecule has 0 aliphatic carbocycles. The maximum absolute atomic E-state index is 12.8. The highest BCUT2D eigenvalue weighted by atomic mass is 19.1. The molecule has 1 aromatic carbocycles. The van der Waals surface area contributed by atoms with Crippen molar-refractivity contribution in [3.63, 3.8) is 0 Å². The fraction of sp³-hybridized carbons (Fsp3) is 0.267. The standard InChI is InChI=1S/C15H16FN3O2/c1-10-13(9-17-19(10)2)18-15(21)8-7-14(20)11-3-5-12(16)6-4-11/h3-6,9H,7-8H2,1-2H3,(H,18,21). The molecule has 6 heteroatoms. The number of anilines is 1. The van der Waals surface area contributed by atoms with Gasteiger partial charge >= 0.3 is 0 Å². The van der Waals surface area contributed by atoms with Gasteiger partial charge in [-0.1, -0.05) is 0 Å². The van der Waals surface area contributed by atoms with E-state index in [1.54, 1.807) is 17.9 Å². The smallest absolute Gasteiger partial charge is 0.224 e.